The molecule has 126 valence electrons. The Bertz CT molecular complexity index is 1170. The van der Waals surface area contributed by atoms with Crippen molar-refractivity contribution in [3.63, 3.8) is 0 Å². The van der Waals surface area contributed by atoms with Gasteiger partial charge in [-0.05, 0) is 25.0 Å². The van der Waals surface area contributed by atoms with Crippen LogP contribution in [0.5, 0.6) is 5.75 Å². The molecule has 0 saturated heterocycles. The van der Waals surface area contributed by atoms with E-state index in [1.54, 1.807) is 18.2 Å². The van der Waals surface area contributed by atoms with E-state index in [1.807, 2.05) is 6.07 Å². The molecule has 0 aliphatic heterocycles. The Morgan fingerprint density at radius 2 is 1.84 bits per heavy atom. The zero-order valence-electron chi connectivity index (χ0n) is 13.6. The van der Waals surface area contributed by atoms with E-state index in [0.717, 1.165) is 12.8 Å². The first-order chi connectivity index (χ1) is 12.2. The molecule has 0 radical (unpaired) electrons. The largest absolute Gasteiger partial charge is 0.507 e. The highest BCUT2D eigenvalue weighted by Gasteiger charge is 2.24. The topological polar surface area (TPSA) is 76.5 Å². The third kappa shape index (κ3) is 2.15. The van der Waals surface area contributed by atoms with Crippen LogP contribution in [0.25, 0.3) is 33.0 Å². The minimum Gasteiger partial charge on any atom is -0.507 e. The number of aromatic nitrogens is 1. The van der Waals surface area contributed by atoms with Gasteiger partial charge in [-0.2, -0.15) is 0 Å². The fourth-order valence-electron chi connectivity index (χ4n) is 3.87. The zero-order valence-corrected chi connectivity index (χ0v) is 13.6. The fourth-order valence-corrected chi connectivity index (χ4v) is 3.87. The molecule has 5 heteroatoms. The van der Waals surface area contributed by atoms with Gasteiger partial charge in [-0.25, -0.2) is 4.98 Å². The second kappa shape index (κ2) is 5.34. The Morgan fingerprint density at radius 3 is 2.68 bits per heavy atom. The van der Waals surface area contributed by atoms with Crippen molar-refractivity contribution in [3.8, 4) is 5.75 Å². The summed E-state index contributed by atoms with van der Waals surface area (Å²) in [6.07, 6.45) is 5.72. The summed E-state index contributed by atoms with van der Waals surface area (Å²) in [5.41, 5.74) is 1.50. The van der Waals surface area contributed by atoms with Gasteiger partial charge in [0.15, 0.2) is 22.6 Å². The predicted octanol–water partition coefficient (Wildman–Crippen LogP) is 4.84. The van der Waals surface area contributed by atoms with Gasteiger partial charge in [0.25, 0.3) is 0 Å². The molecule has 5 rings (SSSR count). The number of hydrogen-bond donors (Lipinski definition) is 1. The standard InChI is InChI=1S/C20H17NO4/c22-13-10-15-17(21-20(25-15)11-6-2-1-3-7-11)19-16(13)18(23)12-8-4-5-9-14(12)24-19/h4-5,8-11,22H,1-3,6-7H2. The molecule has 1 N–H and O–H groups in total. The van der Waals surface area contributed by atoms with Crippen molar-refractivity contribution in [2.75, 3.05) is 0 Å². The average Bonchev–Trinajstić information content (AvgIpc) is 3.07. The van der Waals surface area contributed by atoms with Crippen molar-refractivity contribution in [3.05, 3.63) is 46.4 Å². The van der Waals surface area contributed by atoms with Gasteiger partial charge in [-0.15, -0.1) is 0 Å². The Morgan fingerprint density at radius 1 is 1.04 bits per heavy atom. The number of benzene rings is 2. The van der Waals surface area contributed by atoms with Crippen LogP contribution in [0, 0.1) is 0 Å². The number of oxazole rings is 1. The van der Waals surface area contributed by atoms with Crippen molar-refractivity contribution in [1.29, 1.82) is 0 Å². The maximum atomic E-state index is 12.8. The molecule has 2 heterocycles. The number of rotatable bonds is 1. The quantitative estimate of drug-likeness (QED) is 0.504. The monoisotopic (exact) mass is 335 g/mol. The number of hydrogen-bond acceptors (Lipinski definition) is 5. The predicted molar refractivity (Wildman–Crippen MR) is 95.0 cm³/mol. The lowest BCUT2D eigenvalue weighted by Crippen LogP contribution is -2.04. The van der Waals surface area contributed by atoms with Gasteiger partial charge >= 0.3 is 0 Å². The number of phenols is 1. The molecule has 0 bridgehead atoms. The third-order valence-electron chi connectivity index (χ3n) is 5.16. The van der Waals surface area contributed by atoms with Crippen molar-refractivity contribution in [2.45, 2.75) is 38.0 Å². The van der Waals surface area contributed by atoms with E-state index < -0.39 is 0 Å². The van der Waals surface area contributed by atoms with E-state index >= 15 is 0 Å². The van der Waals surface area contributed by atoms with E-state index in [4.69, 9.17) is 8.83 Å². The van der Waals surface area contributed by atoms with Crippen molar-refractivity contribution < 1.29 is 13.9 Å². The highest BCUT2D eigenvalue weighted by Crippen LogP contribution is 2.37. The summed E-state index contributed by atoms with van der Waals surface area (Å²) in [7, 11) is 0. The minimum absolute atomic E-state index is 0.131. The van der Waals surface area contributed by atoms with Crippen LogP contribution in [0.4, 0.5) is 0 Å². The van der Waals surface area contributed by atoms with Gasteiger partial charge in [-0.3, -0.25) is 4.79 Å². The second-order valence-electron chi connectivity index (χ2n) is 6.76. The molecule has 1 saturated carbocycles. The number of aromatic hydroxyl groups is 1. The maximum Gasteiger partial charge on any atom is 0.204 e. The van der Waals surface area contributed by atoms with E-state index in [-0.39, 0.29) is 16.6 Å². The average molecular weight is 335 g/mol. The highest BCUT2D eigenvalue weighted by molar-refractivity contribution is 6.06. The Labute approximate surface area is 142 Å². The van der Waals surface area contributed by atoms with Gasteiger partial charge in [-0.1, -0.05) is 31.4 Å². The van der Waals surface area contributed by atoms with Gasteiger partial charge in [0.1, 0.15) is 16.7 Å². The third-order valence-corrected chi connectivity index (χ3v) is 5.16. The molecule has 1 aliphatic rings. The molecule has 0 unspecified atom stereocenters. The van der Waals surface area contributed by atoms with E-state index in [9.17, 15) is 9.90 Å². The van der Waals surface area contributed by atoms with Crippen LogP contribution in [0.2, 0.25) is 0 Å². The molecule has 2 aromatic carbocycles. The summed E-state index contributed by atoms with van der Waals surface area (Å²) in [4.78, 5) is 17.4. The van der Waals surface area contributed by atoms with E-state index in [2.05, 4.69) is 4.98 Å². The zero-order chi connectivity index (χ0) is 17.0. The van der Waals surface area contributed by atoms with Gasteiger partial charge in [0, 0.05) is 12.0 Å². The smallest absolute Gasteiger partial charge is 0.204 e. The van der Waals surface area contributed by atoms with E-state index in [1.165, 1.54) is 25.3 Å². The lowest BCUT2D eigenvalue weighted by molar-refractivity contribution is 0.373. The first-order valence-electron chi connectivity index (χ1n) is 8.70. The van der Waals surface area contributed by atoms with Crippen molar-refractivity contribution >= 4 is 33.0 Å². The number of nitrogens with zero attached hydrogens (tertiary/aromatic N) is 1. The molecule has 0 amide bonds. The summed E-state index contributed by atoms with van der Waals surface area (Å²) < 4.78 is 11.9. The Kier molecular flexibility index (Phi) is 3.10. The van der Waals surface area contributed by atoms with E-state index in [0.29, 0.717) is 39.5 Å². The lowest BCUT2D eigenvalue weighted by Gasteiger charge is -2.17. The highest BCUT2D eigenvalue weighted by atomic mass is 16.4. The number of para-hydroxylation sites is 1. The molecular formula is C20H17NO4. The molecule has 1 fully saturated rings. The van der Waals surface area contributed by atoms with Crippen molar-refractivity contribution in [1.82, 2.24) is 4.98 Å². The first kappa shape index (κ1) is 14.5. The molecule has 5 nitrogen and oxygen atoms in total. The molecular weight excluding hydrogens is 318 g/mol. The SMILES string of the molecule is O=c1c2ccccc2oc2c1c(O)cc1oc(C3CCCCC3)nc12. The summed E-state index contributed by atoms with van der Waals surface area (Å²) in [6.45, 7) is 0. The molecule has 25 heavy (non-hydrogen) atoms. The van der Waals surface area contributed by atoms with Crippen LogP contribution in [-0.2, 0) is 0 Å². The van der Waals surface area contributed by atoms with Crippen LogP contribution in [-0.4, -0.2) is 10.1 Å². The number of fused-ring (bicyclic) bond motifs is 4. The van der Waals surface area contributed by atoms with Crippen LogP contribution >= 0.6 is 0 Å². The van der Waals surface area contributed by atoms with Gasteiger partial charge in [0.05, 0.1) is 5.39 Å². The summed E-state index contributed by atoms with van der Waals surface area (Å²) >= 11 is 0. The number of phenolic OH excluding ortho intramolecular Hbond substituents is 1. The molecule has 4 aromatic rings. The molecule has 0 atom stereocenters. The van der Waals surface area contributed by atoms with Gasteiger partial charge < -0.3 is 13.9 Å². The van der Waals surface area contributed by atoms with Gasteiger partial charge in [0.2, 0.25) is 5.43 Å². The summed E-state index contributed by atoms with van der Waals surface area (Å²) in [5.74, 6) is 0.844. The normalized spacial score (nSPS) is 16.2. The second-order valence-corrected chi connectivity index (χ2v) is 6.76. The summed E-state index contributed by atoms with van der Waals surface area (Å²) in [5, 5.41) is 11.0. The van der Waals surface area contributed by atoms with Crippen LogP contribution in [0.3, 0.4) is 0 Å². The Balaban J connectivity index is 1.84. The molecule has 2 aromatic heterocycles. The lowest BCUT2D eigenvalue weighted by atomic mass is 9.89. The van der Waals surface area contributed by atoms with Crippen molar-refractivity contribution in [2.24, 2.45) is 0 Å². The van der Waals surface area contributed by atoms with Crippen LogP contribution < -0.4 is 5.43 Å². The van der Waals surface area contributed by atoms with Crippen LogP contribution in [0.1, 0.15) is 43.9 Å². The summed E-state index contributed by atoms with van der Waals surface area (Å²) in [6, 6.07) is 8.50. The fraction of sp³-hybridized carbons (Fsp3) is 0.300. The molecule has 1 aliphatic carbocycles. The van der Waals surface area contributed by atoms with Crippen LogP contribution in [0.15, 0.2) is 44.0 Å². The first-order valence-corrected chi connectivity index (χ1v) is 8.70. The maximum absolute atomic E-state index is 12.8. The Hall–Kier alpha value is -2.82. The minimum atomic E-state index is -0.251. The molecule has 0 spiro atoms.